The zero-order chi connectivity index (χ0) is 16.2. The molecule has 118 valence electrons. The van der Waals surface area contributed by atoms with E-state index in [0.29, 0.717) is 18.1 Å². The zero-order valence-corrected chi connectivity index (χ0v) is 13.8. The van der Waals surface area contributed by atoms with Gasteiger partial charge in [-0.15, -0.1) is 0 Å². The number of nitrogens with zero attached hydrogens (tertiary/aromatic N) is 4. The van der Waals surface area contributed by atoms with E-state index in [1.165, 1.54) is 0 Å². The van der Waals surface area contributed by atoms with Crippen molar-refractivity contribution < 1.29 is 4.74 Å². The third-order valence-electron chi connectivity index (χ3n) is 3.50. The van der Waals surface area contributed by atoms with Gasteiger partial charge < -0.3 is 4.74 Å². The Hall–Kier alpha value is -2.24. The predicted octanol–water partition coefficient (Wildman–Crippen LogP) is 3.48. The van der Waals surface area contributed by atoms with Crippen LogP contribution in [-0.4, -0.2) is 33.5 Å². The summed E-state index contributed by atoms with van der Waals surface area (Å²) in [5, 5.41) is 5.27. The number of halogens is 1. The first-order chi connectivity index (χ1) is 11.2. The third-order valence-corrected chi connectivity index (χ3v) is 3.75. The van der Waals surface area contributed by atoms with E-state index >= 15 is 0 Å². The lowest BCUT2D eigenvalue weighted by Crippen LogP contribution is -2.01. The average Bonchev–Trinajstić information content (AvgIpc) is 2.96. The van der Waals surface area contributed by atoms with Crippen LogP contribution in [0.15, 0.2) is 42.7 Å². The van der Waals surface area contributed by atoms with Gasteiger partial charge in [0, 0.05) is 36.5 Å². The molecule has 0 radical (unpaired) electrons. The highest BCUT2D eigenvalue weighted by atomic mass is 35.5. The topological polar surface area (TPSA) is 52.8 Å². The summed E-state index contributed by atoms with van der Waals surface area (Å²) in [5.41, 5.74) is 3.72. The van der Waals surface area contributed by atoms with E-state index in [1.54, 1.807) is 13.3 Å². The van der Waals surface area contributed by atoms with Crippen molar-refractivity contribution in [3.63, 3.8) is 0 Å². The van der Waals surface area contributed by atoms with Crippen LogP contribution in [0.25, 0.3) is 16.9 Å². The molecule has 0 atom stereocenters. The Labute approximate surface area is 139 Å². The molecule has 0 aliphatic rings. The van der Waals surface area contributed by atoms with E-state index in [0.717, 1.165) is 28.5 Å². The van der Waals surface area contributed by atoms with Gasteiger partial charge in [0.1, 0.15) is 5.82 Å². The van der Waals surface area contributed by atoms with Crippen molar-refractivity contribution in [3.8, 4) is 16.9 Å². The van der Waals surface area contributed by atoms with Gasteiger partial charge in [0.2, 0.25) is 0 Å². The number of hydrogen-bond acceptors (Lipinski definition) is 4. The Bertz CT molecular complexity index is 799. The maximum Gasteiger partial charge on any atom is 0.131 e. The van der Waals surface area contributed by atoms with Crippen LogP contribution in [0.3, 0.4) is 0 Å². The summed E-state index contributed by atoms with van der Waals surface area (Å²) in [6.07, 6.45) is 4.43. The molecule has 0 saturated carbocycles. The molecule has 2 aromatic heterocycles. The Kier molecular flexibility index (Phi) is 4.69. The largest absolute Gasteiger partial charge is 0.384 e. The Morgan fingerprint density at radius 3 is 2.70 bits per heavy atom. The van der Waals surface area contributed by atoms with E-state index < -0.39 is 0 Å². The van der Waals surface area contributed by atoms with E-state index in [1.807, 2.05) is 48.1 Å². The molecule has 0 saturated heterocycles. The molecule has 0 unspecified atom stereocenters. The summed E-state index contributed by atoms with van der Waals surface area (Å²) in [5.74, 6) is 0.767. The van der Waals surface area contributed by atoms with E-state index in [2.05, 4.69) is 15.1 Å². The van der Waals surface area contributed by atoms with E-state index in [4.69, 9.17) is 16.3 Å². The monoisotopic (exact) mass is 328 g/mol. The van der Waals surface area contributed by atoms with Crippen molar-refractivity contribution >= 4 is 11.6 Å². The lowest BCUT2D eigenvalue weighted by atomic mass is 10.2. The normalized spacial score (nSPS) is 10.9. The highest BCUT2D eigenvalue weighted by molar-refractivity contribution is 6.30. The van der Waals surface area contributed by atoms with Gasteiger partial charge in [-0.1, -0.05) is 11.6 Å². The molecule has 1 aromatic carbocycles. The van der Waals surface area contributed by atoms with Crippen molar-refractivity contribution in [2.24, 2.45) is 0 Å². The molecule has 0 aliphatic heterocycles. The molecule has 0 bridgehead atoms. The Morgan fingerprint density at radius 1 is 1.17 bits per heavy atom. The second-order valence-electron chi connectivity index (χ2n) is 5.15. The van der Waals surface area contributed by atoms with E-state index in [9.17, 15) is 0 Å². The summed E-state index contributed by atoms with van der Waals surface area (Å²) >= 11 is 5.93. The molecule has 2 heterocycles. The average molecular weight is 329 g/mol. The quantitative estimate of drug-likeness (QED) is 0.719. The van der Waals surface area contributed by atoms with Crippen LogP contribution >= 0.6 is 11.6 Å². The number of aromatic nitrogens is 4. The highest BCUT2D eigenvalue weighted by Crippen LogP contribution is 2.22. The van der Waals surface area contributed by atoms with Gasteiger partial charge in [0.25, 0.3) is 0 Å². The van der Waals surface area contributed by atoms with Crippen LogP contribution < -0.4 is 0 Å². The number of hydrogen-bond donors (Lipinski definition) is 0. The molecule has 6 heteroatoms. The maximum atomic E-state index is 5.93. The maximum absolute atomic E-state index is 5.93. The van der Waals surface area contributed by atoms with Gasteiger partial charge in [-0.3, -0.25) is 0 Å². The van der Waals surface area contributed by atoms with E-state index in [-0.39, 0.29) is 0 Å². The van der Waals surface area contributed by atoms with Crippen LogP contribution in [0, 0.1) is 6.92 Å². The van der Waals surface area contributed by atoms with Crippen LogP contribution in [-0.2, 0) is 11.2 Å². The standard InChI is InChI=1S/C17H17ClN4O/c1-12-15(16-7-9-19-17(20-16)8-10-23-2)11-22(21-12)14-5-3-13(18)4-6-14/h3-7,9,11H,8,10H2,1-2H3. The minimum atomic E-state index is 0.604. The zero-order valence-electron chi connectivity index (χ0n) is 13.0. The molecule has 3 aromatic rings. The fourth-order valence-electron chi connectivity index (χ4n) is 2.30. The Balaban J connectivity index is 1.93. The second-order valence-corrected chi connectivity index (χ2v) is 5.59. The number of rotatable bonds is 5. The van der Waals surface area contributed by atoms with Crippen molar-refractivity contribution in [3.05, 3.63) is 59.3 Å². The van der Waals surface area contributed by atoms with Gasteiger partial charge in [0.15, 0.2) is 0 Å². The lowest BCUT2D eigenvalue weighted by Gasteiger charge is -2.02. The predicted molar refractivity (Wildman–Crippen MR) is 89.9 cm³/mol. The van der Waals surface area contributed by atoms with Crippen LogP contribution in [0.5, 0.6) is 0 Å². The van der Waals surface area contributed by atoms with Crippen molar-refractivity contribution in [1.82, 2.24) is 19.7 Å². The highest BCUT2D eigenvalue weighted by Gasteiger charge is 2.11. The fraction of sp³-hybridized carbons (Fsp3) is 0.235. The first-order valence-electron chi connectivity index (χ1n) is 7.31. The van der Waals surface area contributed by atoms with Crippen LogP contribution in [0.2, 0.25) is 5.02 Å². The van der Waals surface area contributed by atoms with Gasteiger partial charge in [0.05, 0.1) is 23.7 Å². The smallest absolute Gasteiger partial charge is 0.131 e. The van der Waals surface area contributed by atoms with Gasteiger partial charge >= 0.3 is 0 Å². The lowest BCUT2D eigenvalue weighted by molar-refractivity contribution is 0.200. The first kappa shape index (κ1) is 15.6. The van der Waals surface area contributed by atoms with Crippen LogP contribution in [0.4, 0.5) is 0 Å². The van der Waals surface area contributed by atoms with Gasteiger partial charge in [-0.25, -0.2) is 14.6 Å². The molecular formula is C17H17ClN4O. The summed E-state index contributed by atoms with van der Waals surface area (Å²) in [6.45, 7) is 2.57. The molecule has 0 fully saturated rings. The van der Waals surface area contributed by atoms with Gasteiger partial charge in [-0.05, 0) is 37.3 Å². The number of methoxy groups -OCH3 is 1. The summed E-state index contributed by atoms with van der Waals surface area (Å²) in [6, 6.07) is 9.46. The SMILES string of the molecule is COCCc1nccc(-c2cn(-c3ccc(Cl)cc3)nc2C)n1. The van der Waals surface area contributed by atoms with Crippen molar-refractivity contribution in [2.45, 2.75) is 13.3 Å². The fourth-order valence-corrected chi connectivity index (χ4v) is 2.43. The van der Waals surface area contributed by atoms with Crippen LogP contribution in [0.1, 0.15) is 11.5 Å². The Morgan fingerprint density at radius 2 is 1.96 bits per heavy atom. The minimum Gasteiger partial charge on any atom is -0.384 e. The molecule has 0 N–H and O–H groups in total. The first-order valence-corrected chi connectivity index (χ1v) is 7.68. The molecule has 5 nitrogen and oxygen atoms in total. The number of benzene rings is 1. The van der Waals surface area contributed by atoms with Crippen molar-refractivity contribution in [2.75, 3.05) is 13.7 Å². The summed E-state index contributed by atoms with van der Waals surface area (Å²) < 4.78 is 6.91. The minimum absolute atomic E-state index is 0.604. The van der Waals surface area contributed by atoms with Gasteiger partial charge in [-0.2, -0.15) is 5.10 Å². The molecule has 0 amide bonds. The second kappa shape index (κ2) is 6.89. The molecule has 0 spiro atoms. The number of aryl methyl sites for hydroxylation is 1. The molecule has 3 rings (SSSR count). The molecule has 0 aliphatic carbocycles. The summed E-state index contributed by atoms with van der Waals surface area (Å²) in [4.78, 5) is 8.87. The molecule has 23 heavy (non-hydrogen) atoms. The summed E-state index contributed by atoms with van der Waals surface area (Å²) in [7, 11) is 1.67. The van der Waals surface area contributed by atoms with Crippen molar-refractivity contribution in [1.29, 1.82) is 0 Å². The number of ether oxygens (including phenoxy) is 1. The molecular weight excluding hydrogens is 312 g/mol. The third kappa shape index (κ3) is 3.57.